The van der Waals surface area contributed by atoms with Crippen molar-refractivity contribution in [1.82, 2.24) is 0 Å². The Balaban J connectivity index is 2.44. The van der Waals surface area contributed by atoms with E-state index in [1.54, 1.807) is 0 Å². The predicted octanol–water partition coefficient (Wildman–Crippen LogP) is 1.34. The van der Waals surface area contributed by atoms with E-state index in [4.69, 9.17) is 5.11 Å². The zero-order valence-corrected chi connectivity index (χ0v) is 14.9. The van der Waals surface area contributed by atoms with Crippen molar-refractivity contribution < 1.29 is 43.7 Å². The Bertz CT molecular complexity index is 923. The van der Waals surface area contributed by atoms with Gasteiger partial charge in [0.15, 0.2) is 5.78 Å². The maximum absolute atomic E-state index is 12.7. The van der Waals surface area contributed by atoms with Crippen LogP contribution in [0.15, 0.2) is 42.0 Å². The van der Waals surface area contributed by atoms with Crippen molar-refractivity contribution >= 4 is 29.7 Å². The zero-order chi connectivity index (χ0) is 21.0. The minimum Gasteiger partial charge on any atom is -0.481 e. The highest BCUT2D eigenvalue weighted by Gasteiger charge is 2.34. The van der Waals surface area contributed by atoms with Gasteiger partial charge in [-0.15, -0.1) is 0 Å². The normalized spacial score (nSPS) is 18.0. The molecule has 0 bridgehead atoms. The van der Waals surface area contributed by atoms with E-state index in [0.29, 0.717) is 0 Å². The molecule has 0 spiro atoms. The summed E-state index contributed by atoms with van der Waals surface area (Å²) < 4.78 is 9.10. The number of carbonyl (C=O) groups excluding carboxylic acids is 3. The van der Waals surface area contributed by atoms with Gasteiger partial charge in [-0.25, -0.2) is 9.59 Å². The van der Waals surface area contributed by atoms with Gasteiger partial charge in [0.2, 0.25) is 0 Å². The molecule has 2 atom stereocenters. The summed E-state index contributed by atoms with van der Waals surface area (Å²) in [6.45, 7) is 0. The number of carboxylic acids is 2. The van der Waals surface area contributed by atoms with Gasteiger partial charge in [0, 0.05) is 11.1 Å². The average Bonchev–Trinajstić information content (AvgIpc) is 2.70. The average molecular weight is 388 g/mol. The van der Waals surface area contributed by atoms with Gasteiger partial charge in [0.25, 0.3) is 0 Å². The molecule has 0 fully saturated rings. The van der Waals surface area contributed by atoms with Crippen molar-refractivity contribution in [2.24, 2.45) is 11.8 Å². The van der Waals surface area contributed by atoms with Crippen LogP contribution in [0.1, 0.15) is 31.1 Å². The molecule has 9 nitrogen and oxygen atoms in total. The molecule has 9 heteroatoms. The van der Waals surface area contributed by atoms with Crippen LogP contribution in [-0.4, -0.2) is 54.1 Å². The molecule has 0 aromatic heterocycles. The third-order valence-electron chi connectivity index (χ3n) is 4.17. The molecule has 0 saturated heterocycles. The fourth-order valence-corrected chi connectivity index (χ4v) is 2.73. The number of Topliss-reactive ketones (excluding diaryl/α,β-unsaturated/α-hetero) is 1. The van der Waals surface area contributed by atoms with E-state index < -0.39 is 41.5 Å². The van der Waals surface area contributed by atoms with Gasteiger partial charge in [-0.2, -0.15) is 0 Å². The second kappa shape index (κ2) is 8.30. The first-order valence-corrected chi connectivity index (χ1v) is 7.92. The number of carboxylic acid groups (broad SMARTS) is 2. The summed E-state index contributed by atoms with van der Waals surface area (Å²) in [5, 5.41) is 18.5. The van der Waals surface area contributed by atoms with E-state index in [1.165, 1.54) is 18.2 Å². The summed E-state index contributed by atoms with van der Waals surface area (Å²) in [4.78, 5) is 59.0. The quantitative estimate of drug-likeness (QED) is 0.545. The highest BCUT2D eigenvalue weighted by molar-refractivity contribution is 6.13. The SMILES string of the molecule is COC(=O)c1cc(C(=O)C2=CC(C(=O)O)C(C(=O)OC)C=C2)ccc1C(=O)O. The number of rotatable bonds is 6. The number of allylic oxidation sites excluding steroid dienone is 2. The monoisotopic (exact) mass is 388 g/mol. The molecule has 0 radical (unpaired) electrons. The summed E-state index contributed by atoms with van der Waals surface area (Å²) in [7, 11) is 2.19. The maximum atomic E-state index is 12.7. The number of hydrogen-bond acceptors (Lipinski definition) is 7. The number of benzene rings is 1. The smallest absolute Gasteiger partial charge is 0.338 e. The lowest BCUT2D eigenvalue weighted by Crippen LogP contribution is -2.30. The molecule has 0 aliphatic heterocycles. The Labute approximate surface area is 158 Å². The van der Waals surface area contributed by atoms with Gasteiger partial charge in [0.05, 0.1) is 37.2 Å². The highest BCUT2D eigenvalue weighted by Crippen LogP contribution is 2.27. The van der Waals surface area contributed by atoms with Crippen LogP contribution in [0, 0.1) is 11.8 Å². The largest absolute Gasteiger partial charge is 0.481 e. The lowest BCUT2D eigenvalue weighted by Gasteiger charge is -2.20. The van der Waals surface area contributed by atoms with Crippen LogP contribution in [0.2, 0.25) is 0 Å². The second-order valence-electron chi connectivity index (χ2n) is 5.78. The van der Waals surface area contributed by atoms with Crippen LogP contribution in [-0.2, 0) is 19.1 Å². The number of methoxy groups -OCH3 is 2. The van der Waals surface area contributed by atoms with E-state index in [-0.39, 0.29) is 22.3 Å². The summed E-state index contributed by atoms with van der Waals surface area (Å²) in [5.74, 6) is -7.43. The van der Waals surface area contributed by atoms with E-state index in [0.717, 1.165) is 32.4 Å². The van der Waals surface area contributed by atoms with E-state index >= 15 is 0 Å². The van der Waals surface area contributed by atoms with Crippen molar-refractivity contribution in [2.75, 3.05) is 14.2 Å². The van der Waals surface area contributed by atoms with Gasteiger partial charge in [-0.1, -0.05) is 24.3 Å². The Morgan fingerprint density at radius 2 is 1.61 bits per heavy atom. The molecule has 0 amide bonds. The third kappa shape index (κ3) is 3.98. The molecule has 1 aromatic carbocycles. The Morgan fingerprint density at radius 1 is 0.929 bits per heavy atom. The molecule has 1 aliphatic rings. The Hall–Kier alpha value is -3.75. The lowest BCUT2D eigenvalue weighted by atomic mass is 9.83. The van der Waals surface area contributed by atoms with Crippen molar-refractivity contribution in [1.29, 1.82) is 0 Å². The van der Waals surface area contributed by atoms with Crippen molar-refractivity contribution in [3.63, 3.8) is 0 Å². The van der Waals surface area contributed by atoms with Crippen LogP contribution in [0.4, 0.5) is 0 Å². The Morgan fingerprint density at radius 3 is 2.14 bits per heavy atom. The van der Waals surface area contributed by atoms with E-state index in [1.807, 2.05) is 0 Å². The first-order valence-electron chi connectivity index (χ1n) is 7.92. The van der Waals surface area contributed by atoms with Gasteiger partial charge < -0.3 is 19.7 Å². The zero-order valence-electron chi connectivity index (χ0n) is 14.9. The minimum absolute atomic E-state index is 0.0218. The molecule has 2 rings (SSSR count). The van der Waals surface area contributed by atoms with E-state index in [2.05, 4.69) is 9.47 Å². The predicted molar refractivity (Wildman–Crippen MR) is 92.9 cm³/mol. The van der Waals surface area contributed by atoms with Crippen LogP contribution in [0.25, 0.3) is 0 Å². The van der Waals surface area contributed by atoms with E-state index in [9.17, 15) is 29.1 Å². The minimum atomic E-state index is -1.37. The van der Waals surface area contributed by atoms with Crippen molar-refractivity contribution in [3.05, 3.63) is 58.7 Å². The number of esters is 2. The Kier molecular flexibility index (Phi) is 6.09. The molecule has 146 valence electrons. The molecular weight excluding hydrogens is 372 g/mol. The van der Waals surface area contributed by atoms with Gasteiger partial charge in [-0.3, -0.25) is 14.4 Å². The summed E-state index contributed by atoms with van der Waals surface area (Å²) in [6, 6.07) is 3.35. The summed E-state index contributed by atoms with van der Waals surface area (Å²) in [5.41, 5.74) is -0.720. The van der Waals surface area contributed by atoms with Crippen LogP contribution >= 0.6 is 0 Å². The summed E-state index contributed by atoms with van der Waals surface area (Å²) >= 11 is 0. The fourth-order valence-electron chi connectivity index (χ4n) is 2.73. The molecule has 0 saturated carbocycles. The maximum Gasteiger partial charge on any atom is 0.338 e. The molecule has 1 aromatic rings. The molecule has 1 aliphatic carbocycles. The van der Waals surface area contributed by atoms with Crippen molar-refractivity contribution in [2.45, 2.75) is 0 Å². The lowest BCUT2D eigenvalue weighted by molar-refractivity contribution is -0.152. The molecular formula is C19H16O9. The first-order chi connectivity index (χ1) is 13.2. The third-order valence-corrected chi connectivity index (χ3v) is 4.17. The number of ether oxygens (including phenoxy) is 2. The standard InChI is InChI=1S/C19H16O9/c1-27-18(25)12-6-4-9(7-13(12)17(23)24)15(20)10-3-5-11(16(21)22)14(8-10)19(26)28-2/h3-8,12-13H,1-2H3,(H,21,22)(H,23,24). The number of ketones is 1. The highest BCUT2D eigenvalue weighted by atomic mass is 16.5. The topological polar surface area (TPSA) is 144 Å². The molecule has 0 heterocycles. The van der Waals surface area contributed by atoms with Gasteiger partial charge in [-0.05, 0) is 12.1 Å². The van der Waals surface area contributed by atoms with Crippen LogP contribution in [0.5, 0.6) is 0 Å². The summed E-state index contributed by atoms with van der Waals surface area (Å²) in [6.07, 6.45) is 3.66. The number of aromatic carboxylic acids is 1. The number of carbonyl (C=O) groups is 5. The molecule has 28 heavy (non-hydrogen) atoms. The van der Waals surface area contributed by atoms with Gasteiger partial charge in [0.1, 0.15) is 0 Å². The van der Waals surface area contributed by atoms with Crippen LogP contribution < -0.4 is 0 Å². The molecule has 2 N–H and O–H groups in total. The number of aliphatic carboxylic acids is 1. The number of hydrogen-bond donors (Lipinski definition) is 2. The second-order valence-corrected chi connectivity index (χ2v) is 5.78. The first kappa shape index (κ1) is 20.6. The van der Waals surface area contributed by atoms with Crippen LogP contribution in [0.3, 0.4) is 0 Å². The fraction of sp³-hybridized carbons (Fsp3) is 0.211. The van der Waals surface area contributed by atoms with Gasteiger partial charge >= 0.3 is 23.9 Å². The molecule has 2 unspecified atom stereocenters. The van der Waals surface area contributed by atoms with Crippen molar-refractivity contribution in [3.8, 4) is 0 Å².